The molecule has 0 aliphatic rings. The summed E-state index contributed by atoms with van der Waals surface area (Å²) in [6, 6.07) is 13.6. The monoisotopic (exact) mass is 217 g/mol. The number of nitrogens with two attached hydrogens (primary N) is 1. The minimum absolute atomic E-state index is 0.137. The van der Waals surface area contributed by atoms with Crippen molar-refractivity contribution in [2.24, 2.45) is 5.90 Å². The van der Waals surface area contributed by atoms with Gasteiger partial charge in [0.2, 0.25) is 0 Å². The molecule has 0 atom stereocenters. The molecule has 0 saturated heterocycles. The Bertz CT molecular complexity index is 505. The highest BCUT2D eigenvalue weighted by atomic mass is 17.3. The van der Waals surface area contributed by atoms with Crippen LogP contribution in [-0.2, 0) is 21.1 Å². The summed E-state index contributed by atoms with van der Waals surface area (Å²) in [5, 5.41) is 2.11. The van der Waals surface area contributed by atoms with Crippen molar-refractivity contribution < 1.29 is 14.7 Å². The van der Waals surface area contributed by atoms with Crippen molar-refractivity contribution >= 4 is 16.7 Å². The van der Waals surface area contributed by atoms with E-state index in [-0.39, 0.29) is 6.42 Å². The van der Waals surface area contributed by atoms with Gasteiger partial charge >= 0.3 is 5.97 Å². The van der Waals surface area contributed by atoms with Crippen molar-refractivity contribution in [2.45, 2.75) is 6.42 Å². The van der Waals surface area contributed by atoms with Crippen molar-refractivity contribution in [3.05, 3.63) is 48.0 Å². The van der Waals surface area contributed by atoms with Gasteiger partial charge in [-0.2, -0.15) is 5.90 Å². The Labute approximate surface area is 92.5 Å². The molecule has 82 valence electrons. The maximum absolute atomic E-state index is 11.2. The van der Waals surface area contributed by atoms with E-state index < -0.39 is 5.97 Å². The number of fused-ring (bicyclic) bond motifs is 1. The molecule has 0 saturated carbocycles. The van der Waals surface area contributed by atoms with Crippen LogP contribution in [0.1, 0.15) is 5.56 Å². The first-order valence-electron chi connectivity index (χ1n) is 4.84. The molecule has 0 fully saturated rings. The third-order valence-corrected chi connectivity index (χ3v) is 2.36. The maximum Gasteiger partial charge on any atom is 0.348 e. The van der Waals surface area contributed by atoms with Crippen LogP contribution in [0.2, 0.25) is 0 Å². The molecular formula is C12H11NO3. The molecule has 0 bridgehead atoms. The molecule has 0 heterocycles. The highest BCUT2D eigenvalue weighted by Gasteiger charge is 2.08. The Balaban J connectivity index is 2.33. The van der Waals surface area contributed by atoms with Gasteiger partial charge in [0, 0.05) is 0 Å². The van der Waals surface area contributed by atoms with E-state index in [0.717, 1.165) is 16.3 Å². The average Bonchev–Trinajstić information content (AvgIpc) is 2.30. The lowest BCUT2D eigenvalue weighted by atomic mass is 10.0. The molecule has 0 aliphatic carbocycles. The lowest BCUT2D eigenvalue weighted by Gasteiger charge is -2.04. The smallest absolute Gasteiger partial charge is 0.280 e. The van der Waals surface area contributed by atoms with E-state index in [1.54, 1.807) is 0 Å². The van der Waals surface area contributed by atoms with Crippen LogP contribution in [0.5, 0.6) is 0 Å². The van der Waals surface area contributed by atoms with Crippen LogP contribution in [0.4, 0.5) is 0 Å². The van der Waals surface area contributed by atoms with Gasteiger partial charge in [-0.15, -0.1) is 0 Å². The van der Waals surface area contributed by atoms with E-state index in [9.17, 15) is 4.79 Å². The van der Waals surface area contributed by atoms with Crippen LogP contribution in [0.3, 0.4) is 0 Å². The van der Waals surface area contributed by atoms with Gasteiger partial charge in [-0.25, -0.2) is 4.79 Å². The van der Waals surface area contributed by atoms with Gasteiger partial charge in [-0.3, -0.25) is 4.89 Å². The fourth-order valence-corrected chi connectivity index (χ4v) is 1.69. The topological polar surface area (TPSA) is 61.6 Å². The van der Waals surface area contributed by atoms with Gasteiger partial charge < -0.3 is 0 Å². The Morgan fingerprint density at radius 3 is 2.69 bits per heavy atom. The first kappa shape index (κ1) is 10.6. The minimum atomic E-state index is -0.515. The molecule has 0 unspecified atom stereocenters. The van der Waals surface area contributed by atoms with Gasteiger partial charge in [0.05, 0.1) is 6.42 Å². The molecule has 2 aromatic rings. The first-order chi connectivity index (χ1) is 7.81. The van der Waals surface area contributed by atoms with Crippen LogP contribution in [0.15, 0.2) is 42.5 Å². The average molecular weight is 217 g/mol. The predicted molar refractivity (Wildman–Crippen MR) is 59.0 cm³/mol. The lowest BCUT2D eigenvalue weighted by molar-refractivity contribution is -0.275. The van der Waals surface area contributed by atoms with E-state index in [0.29, 0.717) is 0 Å². The molecule has 4 nitrogen and oxygen atoms in total. The number of rotatable bonds is 3. The van der Waals surface area contributed by atoms with Gasteiger partial charge in [-0.1, -0.05) is 47.5 Å². The summed E-state index contributed by atoms with van der Waals surface area (Å²) in [5.41, 5.74) is 0.889. The Kier molecular flexibility index (Phi) is 3.14. The molecule has 0 aromatic heterocycles. The first-order valence-corrected chi connectivity index (χ1v) is 4.84. The molecule has 2 N–H and O–H groups in total. The fraction of sp³-hybridized carbons (Fsp3) is 0.0833. The lowest BCUT2D eigenvalue weighted by Crippen LogP contribution is -2.11. The number of hydrogen-bond donors (Lipinski definition) is 1. The summed E-state index contributed by atoms with van der Waals surface area (Å²) in [6.45, 7) is 0. The largest absolute Gasteiger partial charge is 0.348 e. The van der Waals surface area contributed by atoms with E-state index in [4.69, 9.17) is 0 Å². The van der Waals surface area contributed by atoms with Crippen LogP contribution >= 0.6 is 0 Å². The molecule has 0 spiro atoms. The van der Waals surface area contributed by atoms with Crippen molar-refractivity contribution in [1.82, 2.24) is 0 Å². The highest BCUT2D eigenvalue weighted by Crippen LogP contribution is 2.18. The molecule has 2 rings (SSSR count). The molecule has 16 heavy (non-hydrogen) atoms. The third-order valence-electron chi connectivity index (χ3n) is 2.36. The third kappa shape index (κ3) is 2.18. The summed E-state index contributed by atoms with van der Waals surface area (Å²) in [6.07, 6.45) is 0.137. The van der Waals surface area contributed by atoms with E-state index in [1.165, 1.54) is 0 Å². The van der Waals surface area contributed by atoms with Crippen molar-refractivity contribution in [2.75, 3.05) is 0 Å². The van der Waals surface area contributed by atoms with Crippen LogP contribution in [-0.4, -0.2) is 5.97 Å². The van der Waals surface area contributed by atoms with Crippen LogP contribution in [0.25, 0.3) is 10.8 Å². The van der Waals surface area contributed by atoms with E-state index >= 15 is 0 Å². The van der Waals surface area contributed by atoms with Crippen molar-refractivity contribution in [1.29, 1.82) is 0 Å². The molecule has 0 aliphatic heterocycles. The number of carbonyl (C=O) groups is 1. The molecule has 4 heteroatoms. The van der Waals surface area contributed by atoms with Crippen LogP contribution in [0, 0.1) is 0 Å². The molecule has 2 aromatic carbocycles. The summed E-state index contributed by atoms with van der Waals surface area (Å²) < 4.78 is 0. The highest BCUT2D eigenvalue weighted by molar-refractivity contribution is 5.88. The van der Waals surface area contributed by atoms with Crippen molar-refractivity contribution in [3.63, 3.8) is 0 Å². The van der Waals surface area contributed by atoms with Gasteiger partial charge in [0.25, 0.3) is 0 Å². The van der Waals surface area contributed by atoms with Gasteiger partial charge in [-0.05, 0) is 16.3 Å². The second-order valence-electron chi connectivity index (χ2n) is 3.37. The predicted octanol–water partition coefficient (Wildman–Crippen LogP) is 1.73. The number of hydrogen-bond acceptors (Lipinski definition) is 4. The van der Waals surface area contributed by atoms with Gasteiger partial charge in [0.1, 0.15) is 0 Å². The van der Waals surface area contributed by atoms with Gasteiger partial charge in [0.15, 0.2) is 0 Å². The van der Waals surface area contributed by atoms with E-state index in [2.05, 4.69) is 15.8 Å². The second-order valence-corrected chi connectivity index (χ2v) is 3.37. The molecule has 0 radical (unpaired) electrons. The zero-order valence-electron chi connectivity index (χ0n) is 8.55. The standard InChI is InChI=1S/C12H11NO3/c13-16-15-12(14)8-10-6-3-5-9-4-1-2-7-11(9)10/h1-7H,8,13H2. The number of benzene rings is 2. The zero-order valence-corrected chi connectivity index (χ0v) is 8.55. The van der Waals surface area contributed by atoms with Crippen LogP contribution < -0.4 is 5.90 Å². The Hall–Kier alpha value is -1.91. The summed E-state index contributed by atoms with van der Waals surface area (Å²) in [4.78, 5) is 19.3. The fourth-order valence-electron chi connectivity index (χ4n) is 1.69. The second kappa shape index (κ2) is 4.74. The zero-order chi connectivity index (χ0) is 11.4. The maximum atomic E-state index is 11.2. The summed E-state index contributed by atoms with van der Waals surface area (Å²) in [7, 11) is 0. The molecule has 0 amide bonds. The van der Waals surface area contributed by atoms with Crippen molar-refractivity contribution in [3.8, 4) is 0 Å². The minimum Gasteiger partial charge on any atom is -0.280 e. The quantitative estimate of drug-likeness (QED) is 0.628. The SMILES string of the molecule is NOOC(=O)Cc1cccc2ccccc12. The Morgan fingerprint density at radius 1 is 1.12 bits per heavy atom. The Morgan fingerprint density at radius 2 is 1.88 bits per heavy atom. The molecular weight excluding hydrogens is 206 g/mol. The summed E-state index contributed by atoms with van der Waals surface area (Å²) in [5.74, 6) is 4.14. The number of carbonyl (C=O) groups excluding carboxylic acids is 1. The normalized spacial score (nSPS) is 10.3. The van der Waals surface area contributed by atoms with E-state index in [1.807, 2.05) is 42.5 Å². The summed E-state index contributed by atoms with van der Waals surface area (Å²) >= 11 is 0.